The standard InChI is InChI=1S/C24H45N5O4/c1-16(2)13-20(23(26)32)29-22(31)15-27-24(33)19(11-7-8-12-25)28-21(30)14-17(3)18-9-5-4-6-10-18/h16-20H,4-15,25H2,1-3H3,(H2,26,32)(H,27,33)(H,28,30)(H,29,31)/t17-,19?,20?/m1/s1. The normalized spacial score (nSPS) is 17.1. The van der Waals surface area contributed by atoms with Gasteiger partial charge in [0, 0.05) is 6.42 Å². The van der Waals surface area contributed by atoms with E-state index in [1.807, 2.05) is 13.8 Å². The third-order valence-corrected chi connectivity index (χ3v) is 6.37. The van der Waals surface area contributed by atoms with Gasteiger partial charge in [0.15, 0.2) is 0 Å². The molecule has 1 rings (SSSR count). The molecule has 0 saturated heterocycles. The fourth-order valence-electron chi connectivity index (χ4n) is 4.43. The zero-order chi connectivity index (χ0) is 24.8. The van der Waals surface area contributed by atoms with Gasteiger partial charge < -0.3 is 27.4 Å². The van der Waals surface area contributed by atoms with E-state index in [9.17, 15) is 19.2 Å². The monoisotopic (exact) mass is 467 g/mol. The molecule has 0 heterocycles. The summed E-state index contributed by atoms with van der Waals surface area (Å²) < 4.78 is 0. The summed E-state index contributed by atoms with van der Waals surface area (Å²) in [5.74, 6) is -0.655. The van der Waals surface area contributed by atoms with Crippen molar-refractivity contribution in [3.8, 4) is 0 Å². The third kappa shape index (κ3) is 12.0. The number of rotatable bonds is 15. The molecule has 0 aliphatic heterocycles. The molecule has 3 atom stereocenters. The van der Waals surface area contributed by atoms with E-state index in [-0.39, 0.29) is 24.3 Å². The van der Waals surface area contributed by atoms with Gasteiger partial charge in [-0.1, -0.05) is 52.9 Å². The Kier molecular flexibility index (Phi) is 13.7. The first-order valence-electron chi connectivity index (χ1n) is 12.5. The van der Waals surface area contributed by atoms with Gasteiger partial charge in [-0.3, -0.25) is 19.2 Å². The summed E-state index contributed by atoms with van der Waals surface area (Å²) >= 11 is 0. The Morgan fingerprint density at radius 2 is 1.55 bits per heavy atom. The maximum atomic E-state index is 12.7. The number of primary amides is 1. The minimum atomic E-state index is -0.782. The SMILES string of the molecule is CC(C)CC(NC(=O)CNC(=O)C(CCCCN)NC(=O)C[C@@H](C)C1CCCCC1)C(N)=O. The highest BCUT2D eigenvalue weighted by atomic mass is 16.2. The highest BCUT2D eigenvalue weighted by Gasteiger charge is 2.26. The molecule has 0 bridgehead atoms. The Morgan fingerprint density at radius 1 is 0.909 bits per heavy atom. The van der Waals surface area contributed by atoms with E-state index < -0.39 is 29.8 Å². The Balaban J connectivity index is 2.59. The van der Waals surface area contributed by atoms with Crippen molar-refractivity contribution in [1.29, 1.82) is 0 Å². The second kappa shape index (κ2) is 15.6. The van der Waals surface area contributed by atoms with Gasteiger partial charge >= 0.3 is 0 Å². The first-order valence-corrected chi connectivity index (χ1v) is 12.5. The summed E-state index contributed by atoms with van der Waals surface area (Å²) in [5.41, 5.74) is 10.9. The lowest BCUT2D eigenvalue weighted by Crippen LogP contribution is -2.52. The number of hydrogen-bond donors (Lipinski definition) is 5. The lowest BCUT2D eigenvalue weighted by molar-refractivity contribution is -0.131. The maximum absolute atomic E-state index is 12.7. The number of nitrogens with two attached hydrogens (primary N) is 2. The number of carbonyl (C=O) groups excluding carboxylic acids is 4. The van der Waals surface area contributed by atoms with Crippen LogP contribution < -0.4 is 27.4 Å². The highest BCUT2D eigenvalue weighted by molar-refractivity contribution is 5.92. The maximum Gasteiger partial charge on any atom is 0.243 e. The summed E-state index contributed by atoms with van der Waals surface area (Å²) in [6, 6.07) is -1.51. The summed E-state index contributed by atoms with van der Waals surface area (Å²) in [5, 5.41) is 8.00. The Hall–Kier alpha value is -2.16. The quantitative estimate of drug-likeness (QED) is 0.230. The molecule has 9 heteroatoms. The fraction of sp³-hybridized carbons (Fsp3) is 0.833. The second-order valence-electron chi connectivity index (χ2n) is 9.85. The van der Waals surface area contributed by atoms with Gasteiger partial charge in [-0.2, -0.15) is 0 Å². The molecule has 33 heavy (non-hydrogen) atoms. The van der Waals surface area contributed by atoms with Crippen molar-refractivity contribution < 1.29 is 19.2 Å². The summed E-state index contributed by atoms with van der Waals surface area (Å²) in [6.45, 7) is 6.17. The van der Waals surface area contributed by atoms with Crippen molar-refractivity contribution >= 4 is 23.6 Å². The van der Waals surface area contributed by atoms with Crippen LogP contribution in [0.4, 0.5) is 0 Å². The predicted octanol–water partition coefficient (Wildman–Crippen LogP) is 1.34. The topological polar surface area (TPSA) is 156 Å². The largest absolute Gasteiger partial charge is 0.368 e. The first kappa shape index (κ1) is 28.9. The molecule has 2 unspecified atom stereocenters. The van der Waals surface area contributed by atoms with Crippen LogP contribution in [-0.2, 0) is 19.2 Å². The molecular weight excluding hydrogens is 422 g/mol. The fourth-order valence-corrected chi connectivity index (χ4v) is 4.43. The van der Waals surface area contributed by atoms with E-state index in [4.69, 9.17) is 11.5 Å². The molecule has 1 fully saturated rings. The Labute approximate surface area is 198 Å². The number of amides is 4. The van der Waals surface area contributed by atoms with Crippen LogP contribution in [0.1, 0.15) is 85.0 Å². The smallest absolute Gasteiger partial charge is 0.243 e. The van der Waals surface area contributed by atoms with Crippen LogP contribution in [0.2, 0.25) is 0 Å². The zero-order valence-electron chi connectivity index (χ0n) is 20.7. The lowest BCUT2D eigenvalue weighted by atomic mass is 9.79. The summed E-state index contributed by atoms with van der Waals surface area (Å²) in [4.78, 5) is 49.2. The van der Waals surface area contributed by atoms with Crippen molar-refractivity contribution in [2.75, 3.05) is 13.1 Å². The molecule has 7 N–H and O–H groups in total. The Bertz CT molecular complexity index is 634. The molecule has 9 nitrogen and oxygen atoms in total. The predicted molar refractivity (Wildman–Crippen MR) is 129 cm³/mol. The van der Waals surface area contributed by atoms with E-state index in [2.05, 4.69) is 22.9 Å². The van der Waals surface area contributed by atoms with Crippen LogP contribution in [0, 0.1) is 17.8 Å². The van der Waals surface area contributed by atoms with Crippen molar-refractivity contribution in [3.63, 3.8) is 0 Å². The van der Waals surface area contributed by atoms with E-state index in [0.717, 1.165) is 19.3 Å². The zero-order valence-corrected chi connectivity index (χ0v) is 20.7. The van der Waals surface area contributed by atoms with Gasteiger partial charge in [0.05, 0.1) is 6.54 Å². The minimum absolute atomic E-state index is 0.142. The van der Waals surface area contributed by atoms with Gasteiger partial charge in [0.2, 0.25) is 23.6 Å². The second-order valence-corrected chi connectivity index (χ2v) is 9.85. The van der Waals surface area contributed by atoms with E-state index in [1.54, 1.807) is 0 Å². The molecule has 190 valence electrons. The van der Waals surface area contributed by atoms with Gasteiger partial charge in [0.1, 0.15) is 12.1 Å². The molecule has 1 saturated carbocycles. The van der Waals surface area contributed by atoms with Crippen molar-refractivity contribution in [3.05, 3.63) is 0 Å². The van der Waals surface area contributed by atoms with Crippen molar-refractivity contribution in [2.45, 2.75) is 97.1 Å². The minimum Gasteiger partial charge on any atom is -0.368 e. The number of unbranched alkanes of at least 4 members (excludes halogenated alkanes) is 1. The molecule has 0 aromatic carbocycles. The lowest BCUT2D eigenvalue weighted by Gasteiger charge is -2.28. The van der Waals surface area contributed by atoms with Crippen LogP contribution >= 0.6 is 0 Å². The molecule has 0 radical (unpaired) electrons. The average Bonchev–Trinajstić information content (AvgIpc) is 2.76. The van der Waals surface area contributed by atoms with E-state index in [1.165, 1.54) is 19.3 Å². The molecule has 4 amide bonds. The third-order valence-electron chi connectivity index (χ3n) is 6.37. The highest BCUT2D eigenvalue weighted by Crippen LogP contribution is 2.31. The Morgan fingerprint density at radius 3 is 2.12 bits per heavy atom. The van der Waals surface area contributed by atoms with Gasteiger partial charge in [-0.05, 0) is 50.0 Å². The molecule has 1 aliphatic rings. The van der Waals surface area contributed by atoms with Gasteiger partial charge in [0.25, 0.3) is 0 Å². The number of nitrogens with one attached hydrogen (secondary N) is 3. The first-order chi connectivity index (χ1) is 15.6. The number of hydrogen-bond acceptors (Lipinski definition) is 5. The molecule has 0 spiro atoms. The van der Waals surface area contributed by atoms with Crippen LogP contribution in [0.3, 0.4) is 0 Å². The van der Waals surface area contributed by atoms with Gasteiger partial charge in [-0.25, -0.2) is 0 Å². The van der Waals surface area contributed by atoms with Gasteiger partial charge in [-0.15, -0.1) is 0 Å². The average molecular weight is 468 g/mol. The van der Waals surface area contributed by atoms with Crippen molar-refractivity contribution in [1.82, 2.24) is 16.0 Å². The van der Waals surface area contributed by atoms with E-state index in [0.29, 0.717) is 38.1 Å². The summed E-state index contributed by atoms with van der Waals surface area (Å²) in [7, 11) is 0. The molecular formula is C24H45N5O4. The van der Waals surface area contributed by atoms with Crippen LogP contribution in [0.15, 0.2) is 0 Å². The molecule has 1 aliphatic carbocycles. The molecule has 0 aromatic rings. The van der Waals surface area contributed by atoms with Crippen LogP contribution in [0.5, 0.6) is 0 Å². The molecule has 0 aromatic heterocycles. The number of carbonyl (C=O) groups is 4. The van der Waals surface area contributed by atoms with Crippen LogP contribution in [0.25, 0.3) is 0 Å². The van der Waals surface area contributed by atoms with Crippen molar-refractivity contribution in [2.24, 2.45) is 29.2 Å². The van der Waals surface area contributed by atoms with Crippen LogP contribution in [-0.4, -0.2) is 48.8 Å². The van der Waals surface area contributed by atoms with E-state index >= 15 is 0 Å². The summed E-state index contributed by atoms with van der Waals surface area (Å²) in [6.07, 6.45) is 8.72.